The van der Waals surface area contributed by atoms with Crippen molar-refractivity contribution in [3.8, 4) is 0 Å². The van der Waals surface area contributed by atoms with E-state index in [1.54, 1.807) is 18.2 Å². The zero-order valence-electron chi connectivity index (χ0n) is 10.9. The largest absolute Gasteiger partial charge is 0.416 e. The number of carbonyl (C=O) groups is 1. The van der Waals surface area contributed by atoms with Crippen molar-refractivity contribution in [1.82, 2.24) is 0 Å². The van der Waals surface area contributed by atoms with Gasteiger partial charge in [-0.05, 0) is 24.3 Å². The summed E-state index contributed by atoms with van der Waals surface area (Å²) in [5.41, 5.74) is 0.151. The minimum Gasteiger partial charge on any atom is -0.319 e. The van der Waals surface area contributed by atoms with Gasteiger partial charge < -0.3 is 5.32 Å². The molecule has 0 saturated heterocycles. The van der Waals surface area contributed by atoms with E-state index in [0.29, 0.717) is 16.3 Å². The second kappa shape index (κ2) is 5.14. The maximum atomic E-state index is 12.7. The van der Waals surface area contributed by atoms with E-state index in [-0.39, 0.29) is 11.4 Å². The number of halogens is 4. The first-order chi connectivity index (χ1) is 10.4. The van der Waals surface area contributed by atoms with Gasteiger partial charge in [0.1, 0.15) is 5.71 Å². The number of fused-ring (bicyclic) bond motifs is 1. The molecule has 7 heteroatoms. The zero-order valence-corrected chi connectivity index (χ0v) is 11.7. The molecule has 0 spiro atoms. The van der Waals surface area contributed by atoms with Crippen LogP contribution >= 0.6 is 11.6 Å². The number of benzene rings is 2. The molecule has 0 aliphatic carbocycles. The van der Waals surface area contributed by atoms with Gasteiger partial charge in [-0.25, -0.2) is 4.99 Å². The molecule has 2 aromatic rings. The van der Waals surface area contributed by atoms with Gasteiger partial charge in [-0.2, -0.15) is 13.2 Å². The molecular weight excluding hydrogens is 317 g/mol. The van der Waals surface area contributed by atoms with Crippen LogP contribution in [0, 0.1) is 0 Å². The van der Waals surface area contributed by atoms with Crippen molar-refractivity contribution < 1.29 is 18.0 Å². The second-order valence-electron chi connectivity index (χ2n) is 4.63. The number of alkyl halides is 3. The van der Waals surface area contributed by atoms with Crippen molar-refractivity contribution in [1.29, 1.82) is 0 Å². The molecule has 3 nitrogen and oxygen atoms in total. The molecule has 22 heavy (non-hydrogen) atoms. The Bertz CT molecular complexity index is 800. The van der Waals surface area contributed by atoms with Crippen molar-refractivity contribution in [2.24, 2.45) is 4.99 Å². The van der Waals surface area contributed by atoms with Crippen LogP contribution in [0.15, 0.2) is 47.5 Å². The third-order valence-electron chi connectivity index (χ3n) is 3.14. The molecule has 3 rings (SSSR count). The molecule has 1 heterocycles. The van der Waals surface area contributed by atoms with Crippen molar-refractivity contribution in [2.45, 2.75) is 6.18 Å². The van der Waals surface area contributed by atoms with E-state index >= 15 is 0 Å². The summed E-state index contributed by atoms with van der Waals surface area (Å²) in [4.78, 5) is 16.0. The Morgan fingerprint density at radius 3 is 2.55 bits per heavy atom. The molecule has 0 unspecified atom stereocenters. The van der Waals surface area contributed by atoms with Gasteiger partial charge in [0.05, 0.1) is 22.0 Å². The summed E-state index contributed by atoms with van der Waals surface area (Å²) in [6, 6.07) is 9.36. The summed E-state index contributed by atoms with van der Waals surface area (Å²) < 4.78 is 38.1. The molecule has 112 valence electrons. The standard InChI is InChI=1S/C15H8ClF3N2O/c16-11-6-2-5-10-12(11)21-14(22)13(10)20-9-4-1-3-8(7-9)15(17,18)19/h1-7H,(H,20,21,22). The molecule has 1 aliphatic heterocycles. The first-order valence-corrected chi connectivity index (χ1v) is 6.60. The lowest BCUT2D eigenvalue weighted by atomic mass is 10.1. The van der Waals surface area contributed by atoms with Gasteiger partial charge in [0.15, 0.2) is 0 Å². The Labute approximate surface area is 128 Å². The van der Waals surface area contributed by atoms with Gasteiger partial charge in [0.2, 0.25) is 0 Å². The number of nitrogens with zero attached hydrogens (tertiary/aromatic N) is 1. The van der Waals surface area contributed by atoms with Gasteiger partial charge in [-0.15, -0.1) is 0 Å². The van der Waals surface area contributed by atoms with E-state index in [2.05, 4.69) is 10.3 Å². The molecule has 1 amide bonds. The van der Waals surface area contributed by atoms with Gasteiger partial charge in [0.25, 0.3) is 5.91 Å². The maximum Gasteiger partial charge on any atom is 0.416 e. The van der Waals surface area contributed by atoms with Crippen molar-refractivity contribution in [2.75, 3.05) is 5.32 Å². The van der Waals surface area contributed by atoms with Crippen LogP contribution in [0.25, 0.3) is 0 Å². The highest BCUT2D eigenvalue weighted by Crippen LogP contribution is 2.34. The number of aliphatic imine (C=N–C) groups is 1. The number of amides is 1. The van der Waals surface area contributed by atoms with Crippen LogP contribution in [-0.2, 0) is 11.0 Å². The lowest BCUT2D eigenvalue weighted by molar-refractivity contribution is -0.137. The highest BCUT2D eigenvalue weighted by molar-refractivity contribution is 6.55. The molecule has 2 aromatic carbocycles. The molecule has 0 aromatic heterocycles. The molecule has 1 aliphatic rings. The first-order valence-electron chi connectivity index (χ1n) is 6.22. The van der Waals surface area contributed by atoms with Crippen LogP contribution in [0.2, 0.25) is 5.02 Å². The third-order valence-corrected chi connectivity index (χ3v) is 3.45. The van der Waals surface area contributed by atoms with E-state index in [1.807, 2.05) is 0 Å². The monoisotopic (exact) mass is 324 g/mol. The van der Waals surface area contributed by atoms with E-state index in [9.17, 15) is 18.0 Å². The van der Waals surface area contributed by atoms with Gasteiger partial charge in [0, 0.05) is 5.56 Å². The molecule has 1 N–H and O–H groups in total. The van der Waals surface area contributed by atoms with E-state index in [1.165, 1.54) is 12.1 Å². The summed E-state index contributed by atoms with van der Waals surface area (Å²) in [6.45, 7) is 0. The average molecular weight is 325 g/mol. The molecule has 0 fully saturated rings. The smallest absolute Gasteiger partial charge is 0.319 e. The predicted molar refractivity (Wildman–Crippen MR) is 77.7 cm³/mol. The summed E-state index contributed by atoms with van der Waals surface area (Å²) >= 11 is 5.97. The normalized spacial score (nSPS) is 15.8. The quantitative estimate of drug-likeness (QED) is 0.828. The number of hydrogen-bond donors (Lipinski definition) is 1. The molecule has 0 atom stereocenters. The minimum absolute atomic E-state index is 0.0387. The van der Waals surface area contributed by atoms with E-state index in [0.717, 1.165) is 12.1 Å². The van der Waals surface area contributed by atoms with Crippen molar-refractivity contribution in [3.05, 3.63) is 58.6 Å². The third kappa shape index (κ3) is 2.57. The second-order valence-corrected chi connectivity index (χ2v) is 5.03. The Kier molecular flexibility index (Phi) is 3.41. The van der Waals surface area contributed by atoms with Gasteiger partial charge >= 0.3 is 6.18 Å². The molecule has 0 radical (unpaired) electrons. The van der Waals surface area contributed by atoms with Crippen molar-refractivity contribution in [3.63, 3.8) is 0 Å². The zero-order chi connectivity index (χ0) is 15.9. The number of rotatable bonds is 1. The highest BCUT2D eigenvalue weighted by Gasteiger charge is 2.31. The van der Waals surface area contributed by atoms with Crippen LogP contribution in [0.5, 0.6) is 0 Å². The number of carbonyl (C=O) groups excluding carboxylic acids is 1. The molecule has 0 saturated carbocycles. The number of nitrogens with one attached hydrogen (secondary N) is 1. The topological polar surface area (TPSA) is 41.5 Å². The fourth-order valence-corrected chi connectivity index (χ4v) is 2.36. The first kappa shape index (κ1) is 14.6. The van der Waals surface area contributed by atoms with Crippen LogP contribution < -0.4 is 5.32 Å². The van der Waals surface area contributed by atoms with Gasteiger partial charge in [-0.1, -0.05) is 29.8 Å². The fraction of sp³-hybridized carbons (Fsp3) is 0.0667. The van der Waals surface area contributed by atoms with Crippen LogP contribution in [0.3, 0.4) is 0 Å². The lowest BCUT2D eigenvalue weighted by Crippen LogP contribution is -2.14. The number of para-hydroxylation sites is 1. The van der Waals surface area contributed by atoms with Crippen molar-refractivity contribution >= 4 is 34.6 Å². The Morgan fingerprint density at radius 2 is 1.82 bits per heavy atom. The predicted octanol–water partition coefficient (Wildman–Crippen LogP) is 4.43. The summed E-state index contributed by atoms with van der Waals surface area (Å²) in [6.07, 6.45) is -4.46. The van der Waals surface area contributed by atoms with E-state index < -0.39 is 17.6 Å². The van der Waals surface area contributed by atoms with Crippen LogP contribution in [0.1, 0.15) is 11.1 Å². The lowest BCUT2D eigenvalue weighted by Gasteiger charge is -2.06. The van der Waals surface area contributed by atoms with Gasteiger partial charge in [-0.3, -0.25) is 4.79 Å². The molecular formula is C15H8ClF3N2O. The van der Waals surface area contributed by atoms with E-state index in [4.69, 9.17) is 11.6 Å². The number of anilines is 1. The summed E-state index contributed by atoms with van der Waals surface area (Å²) in [5.74, 6) is -0.500. The highest BCUT2D eigenvalue weighted by atomic mass is 35.5. The minimum atomic E-state index is -4.46. The SMILES string of the molecule is O=C1Nc2c(Cl)cccc2C1=Nc1cccc(C(F)(F)F)c1. The maximum absolute atomic E-state index is 12.7. The molecule has 0 bridgehead atoms. The fourth-order valence-electron chi connectivity index (χ4n) is 2.14. The van der Waals surface area contributed by atoms with Crippen LogP contribution in [0.4, 0.5) is 24.5 Å². The number of hydrogen-bond acceptors (Lipinski definition) is 2. The summed E-state index contributed by atoms with van der Waals surface area (Å²) in [7, 11) is 0. The van der Waals surface area contributed by atoms with Crippen LogP contribution in [-0.4, -0.2) is 11.6 Å². The Morgan fingerprint density at radius 1 is 1.09 bits per heavy atom. The summed E-state index contributed by atoms with van der Waals surface area (Å²) in [5, 5.41) is 2.90. The average Bonchev–Trinajstić information content (AvgIpc) is 2.77. The Hall–Kier alpha value is -2.34. The Balaban J connectivity index is 2.08.